The average Bonchev–Trinajstić information content (AvgIpc) is 2.61. The summed E-state index contributed by atoms with van der Waals surface area (Å²) in [6.07, 6.45) is 0. The summed E-state index contributed by atoms with van der Waals surface area (Å²) >= 11 is 0. The van der Waals surface area contributed by atoms with Crippen molar-refractivity contribution in [1.29, 1.82) is 0 Å². The highest BCUT2D eigenvalue weighted by molar-refractivity contribution is 5.58. The molecule has 0 spiro atoms. The lowest BCUT2D eigenvalue weighted by Crippen LogP contribution is -2.07. The minimum atomic E-state index is -1.56. The molecule has 0 atom stereocenters. The van der Waals surface area contributed by atoms with Crippen LogP contribution < -0.4 is 10.6 Å². The highest BCUT2D eigenvalue weighted by Crippen LogP contribution is 2.23. The molecule has 8 heteroatoms. The van der Waals surface area contributed by atoms with Crippen LogP contribution in [0, 0.1) is 30.2 Å². The highest BCUT2D eigenvalue weighted by Gasteiger charge is 2.14. The van der Waals surface area contributed by atoms with Crippen LogP contribution in [0.25, 0.3) is 0 Å². The lowest BCUT2D eigenvalue weighted by atomic mass is 10.2. The molecule has 4 nitrogen and oxygen atoms in total. The summed E-state index contributed by atoms with van der Waals surface area (Å²) in [5.74, 6) is -4.03. The Morgan fingerprint density at radius 3 is 2.35 bits per heavy atom. The van der Waals surface area contributed by atoms with E-state index < -0.39 is 17.5 Å². The standard InChI is InChI=1S/C18H14F4N4/c1-10-8-15(25-14-7-6-13(20)16(21)17(14)22)26-18(24-10)23-9-11-2-4-12(19)5-3-11/h2-8H,9H2,1H3,(H2,23,24,25,26). The minimum absolute atomic E-state index is 0.212. The van der Waals surface area contributed by atoms with E-state index in [1.165, 1.54) is 18.2 Å². The Morgan fingerprint density at radius 1 is 0.885 bits per heavy atom. The fourth-order valence-electron chi connectivity index (χ4n) is 2.26. The van der Waals surface area contributed by atoms with Crippen molar-refractivity contribution in [2.45, 2.75) is 13.5 Å². The molecular formula is C18H14F4N4. The summed E-state index contributed by atoms with van der Waals surface area (Å²) in [5.41, 5.74) is 1.15. The Balaban J connectivity index is 1.77. The van der Waals surface area contributed by atoms with Gasteiger partial charge in [0.25, 0.3) is 0 Å². The molecule has 0 radical (unpaired) electrons. The van der Waals surface area contributed by atoms with Gasteiger partial charge in [0.2, 0.25) is 5.95 Å². The molecule has 0 fully saturated rings. The van der Waals surface area contributed by atoms with Gasteiger partial charge in [-0.25, -0.2) is 22.5 Å². The van der Waals surface area contributed by atoms with E-state index in [-0.39, 0.29) is 23.3 Å². The normalized spacial score (nSPS) is 10.7. The zero-order chi connectivity index (χ0) is 18.7. The van der Waals surface area contributed by atoms with Crippen molar-refractivity contribution in [1.82, 2.24) is 9.97 Å². The van der Waals surface area contributed by atoms with Gasteiger partial charge in [-0.15, -0.1) is 0 Å². The van der Waals surface area contributed by atoms with Gasteiger partial charge in [-0.3, -0.25) is 0 Å². The number of rotatable bonds is 5. The van der Waals surface area contributed by atoms with Gasteiger partial charge in [-0.1, -0.05) is 12.1 Å². The van der Waals surface area contributed by atoms with E-state index in [2.05, 4.69) is 20.6 Å². The third-order valence-corrected chi connectivity index (χ3v) is 3.52. The number of benzene rings is 2. The Morgan fingerprint density at radius 2 is 1.62 bits per heavy atom. The lowest BCUT2D eigenvalue weighted by molar-refractivity contribution is 0.449. The van der Waals surface area contributed by atoms with E-state index in [1.807, 2.05) is 0 Å². The van der Waals surface area contributed by atoms with Gasteiger partial charge in [0.05, 0.1) is 5.69 Å². The number of aryl methyl sites for hydroxylation is 1. The van der Waals surface area contributed by atoms with Gasteiger partial charge in [-0.2, -0.15) is 4.98 Å². The predicted octanol–water partition coefficient (Wildman–Crippen LogP) is 4.70. The van der Waals surface area contributed by atoms with Crippen molar-refractivity contribution < 1.29 is 17.6 Å². The van der Waals surface area contributed by atoms with Gasteiger partial charge < -0.3 is 10.6 Å². The van der Waals surface area contributed by atoms with Crippen molar-refractivity contribution in [3.8, 4) is 0 Å². The number of nitrogens with one attached hydrogen (secondary N) is 2. The molecule has 1 aromatic heterocycles. The molecule has 0 amide bonds. The van der Waals surface area contributed by atoms with Gasteiger partial charge in [0, 0.05) is 18.3 Å². The number of nitrogens with zero attached hydrogens (tertiary/aromatic N) is 2. The summed E-state index contributed by atoms with van der Waals surface area (Å²) < 4.78 is 53.0. The molecule has 0 saturated heterocycles. The molecule has 0 bridgehead atoms. The molecule has 1 heterocycles. The summed E-state index contributed by atoms with van der Waals surface area (Å²) in [6, 6.07) is 9.35. The average molecular weight is 362 g/mol. The second-order valence-corrected chi connectivity index (χ2v) is 5.55. The van der Waals surface area contributed by atoms with Crippen LogP contribution in [-0.4, -0.2) is 9.97 Å². The first-order valence-electron chi connectivity index (χ1n) is 7.67. The third-order valence-electron chi connectivity index (χ3n) is 3.52. The first-order valence-corrected chi connectivity index (χ1v) is 7.67. The monoisotopic (exact) mass is 362 g/mol. The maximum absolute atomic E-state index is 13.8. The number of halogens is 4. The molecule has 0 unspecified atom stereocenters. The quantitative estimate of drug-likeness (QED) is 0.510. The maximum atomic E-state index is 13.8. The molecule has 2 aromatic carbocycles. The summed E-state index contributed by atoms with van der Waals surface area (Å²) in [5, 5.41) is 5.57. The molecule has 3 rings (SSSR count). The van der Waals surface area contributed by atoms with Crippen molar-refractivity contribution >= 4 is 17.5 Å². The number of hydrogen-bond donors (Lipinski definition) is 2. The van der Waals surface area contributed by atoms with E-state index in [0.29, 0.717) is 12.2 Å². The number of anilines is 3. The van der Waals surface area contributed by atoms with Crippen molar-refractivity contribution in [2.24, 2.45) is 0 Å². The van der Waals surface area contributed by atoms with Crippen LogP contribution in [0.2, 0.25) is 0 Å². The Labute approximate surface area is 146 Å². The van der Waals surface area contributed by atoms with E-state index in [4.69, 9.17) is 0 Å². The summed E-state index contributed by atoms with van der Waals surface area (Å²) in [4.78, 5) is 8.36. The van der Waals surface area contributed by atoms with Gasteiger partial charge in [-0.05, 0) is 36.8 Å². The largest absolute Gasteiger partial charge is 0.350 e. The fraction of sp³-hybridized carbons (Fsp3) is 0.111. The van der Waals surface area contributed by atoms with E-state index in [1.54, 1.807) is 19.1 Å². The topological polar surface area (TPSA) is 49.8 Å². The molecule has 26 heavy (non-hydrogen) atoms. The van der Waals surface area contributed by atoms with Gasteiger partial charge >= 0.3 is 0 Å². The molecule has 0 aliphatic carbocycles. The maximum Gasteiger partial charge on any atom is 0.225 e. The van der Waals surface area contributed by atoms with Crippen LogP contribution >= 0.6 is 0 Å². The third kappa shape index (κ3) is 4.08. The summed E-state index contributed by atoms with van der Waals surface area (Å²) in [6.45, 7) is 2.06. The van der Waals surface area contributed by atoms with E-state index in [0.717, 1.165) is 17.7 Å². The molecule has 0 saturated carbocycles. The second kappa shape index (κ2) is 7.38. The summed E-state index contributed by atoms with van der Waals surface area (Å²) in [7, 11) is 0. The number of aromatic nitrogens is 2. The zero-order valence-corrected chi connectivity index (χ0v) is 13.7. The first-order chi connectivity index (χ1) is 12.4. The van der Waals surface area contributed by atoms with Gasteiger partial charge in [0.15, 0.2) is 17.5 Å². The van der Waals surface area contributed by atoms with Crippen LogP contribution in [0.15, 0.2) is 42.5 Å². The zero-order valence-electron chi connectivity index (χ0n) is 13.7. The predicted molar refractivity (Wildman–Crippen MR) is 90.1 cm³/mol. The Bertz CT molecular complexity index is 929. The van der Waals surface area contributed by atoms with Crippen LogP contribution in [0.1, 0.15) is 11.3 Å². The molecular weight excluding hydrogens is 348 g/mol. The Kier molecular flexibility index (Phi) is 5.01. The second-order valence-electron chi connectivity index (χ2n) is 5.55. The van der Waals surface area contributed by atoms with Gasteiger partial charge in [0.1, 0.15) is 11.6 Å². The molecule has 0 aliphatic rings. The SMILES string of the molecule is Cc1cc(Nc2ccc(F)c(F)c2F)nc(NCc2ccc(F)cc2)n1. The smallest absolute Gasteiger partial charge is 0.225 e. The van der Waals surface area contributed by atoms with Crippen molar-refractivity contribution in [2.75, 3.05) is 10.6 Å². The molecule has 2 N–H and O–H groups in total. The van der Waals surface area contributed by atoms with E-state index >= 15 is 0 Å². The molecule has 0 aliphatic heterocycles. The molecule has 3 aromatic rings. The van der Waals surface area contributed by atoms with Crippen LogP contribution in [0.4, 0.5) is 35.0 Å². The molecule has 134 valence electrons. The van der Waals surface area contributed by atoms with Crippen LogP contribution in [-0.2, 0) is 6.54 Å². The minimum Gasteiger partial charge on any atom is -0.350 e. The van der Waals surface area contributed by atoms with Crippen LogP contribution in [0.3, 0.4) is 0 Å². The van der Waals surface area contributed by atoms with Crippen molar-refractivity contribution in [3.05, 3.63) is 77.0 Å². The van der Waals surface area contributed by atoms with E-state index in [9.17, 15) is 17.6 Å². The Hall–Kier alpha value is -3.16. The fourth-order valence-corrected chi connectivity index (χ4v) is 2.26. The van der Waals surface area contributed by atoms with Crippen LogP contribution in [0.5, 0.6) is 0 Å². The highest BCUT2D eigenvalue weighted by atomic mass is 19.2. The van der Waals surface area contributed by atoms with Crippen molar-refractivity contribution in [3.63, 3.8) is 0 Å². The number of hydrogen-bond acceptors (Lipinski definition) is 4. The lowest BCUT2D eigenvalue weighted by Gasteiger charge is -2.11. The first kappa shape index (κ1) is 17.7.